The van der Waals surface area contributed by atoms with E-state index in [1.807, 2.05) is 60.7 Å². The molecule has 0 saturated heterocycles. The van der Waals surface area contributed by atoms with E-state index in [1.165, 1.54) is 0 Å². The van der Waals surface area contributed by atoms with Crippen LogP contribution in [0.4, 0.5) is 5.69 Å². The van der Waals surface area contributed by atoms with Crippen molar-refractivity contribution in [3.05, 3.63) is 74.3 Å². The first-order chi connectivity index (χ1) is 10.1. The Kier molecular flexibility index (Phi) is 4.26. The molecule has 0 saturated carbocycles. The Balaban J connectivity index is 1.97. The van der Waals surface area contributed by atoms with Gasteiger partial charge in [0, 0.05) is 13.6 Å². The first-order valence-electron chi connectivity index (χ1n) is 6.39. The van der Waals surface area contributed by atoms with Gasteiger partial charge in [0.15, 0.2) is 0 Å². The van der Waals surface area contributed by atoms with Gasteiger partial charge in [-0.3, -0.25) is 4.79 Å². The molecule has 0 radical (unpaired) electrons. The first kappa shape index (κ1) is 14.5. The predicted octanol–water partition coefficient (Wildman–Crippen LogP) is 5.46. The highest BCUT2D eigenvalue weighted by Crippen LogP contribution is 2.24. The Morgan fingerprint density at radius 2 is 1.76 bits per heavy atom. The van der Waals surface area contributed by atoms with Gasteiger partial charge in [-0.05, 0) is 57.6 Å². The van der Waals surface area contributed by atoms with Crippen LogP contribution in [0.2, 0.25) is 0 Å². The molecule has 0 aromatic heterocycles. The number of hydrogen-bond acceptors (Lipinski definition) is 1. The number of anilines is 1. The van der Waals surface area contributed by atoms with Crippen LogP contribution in [-0.4, -0.2) is 5.91 Å². The summed E-state index contributed by atoms with van der Waals surface area (Å²) in [6, 6.07) is 19.5. The maximum Gasteiger partial charge on any atom is 0.256 e. The minimum Gasteiger partial charge on any atom is -0.321 e. The Bertz CT molecular complexity index is 827. The second-order valence-corrected chi connectivity index (χ2v) is 6.68. The molecule has 0 atom stereocenters. The number of halogens is 2. The van der Waals surface area contributed by atoms with Crippen molar-refractivity contribution in [2.75, 3.05) is 5.32 Å². The fourth-order valence-electron chi connectivity index (χ4n) is 2.20. The molecule has 104 valence electrons. The van der Waals surface area contributed by atoms with E-state index in [0.717, 1.165) is 24.5 Å². The van der Waals surface area contributed by atoms with Gasteiger partial charge in [0.25, 0.3) is 5.91 Å². The zero-order valence-electron chi connectivity index (χ0n) is 10.9. The van der Waals surface area contributed by atoms with Crippen molar-refractivity contribution in [2.45, 2.75) is 0 Å². The van der Waals surface area contributed by atoms with Gasteiger partial charge in [-0.1, -0.05) is 52.3 Å². The summed E-state index contributed by atoms with van der Waals surface area (Å²) in [7, 11) is 0. The molecule has 3 aromatic carbocycles. The van der Waals surface area contributed by atoms with Crippen molar-refractivity contribution in [3.63, 3.8) is 0 Å². The van der Waals surface area contributed by atoms with Gasteiger partial charge in [-0.2, -0.15) is 0 Å². The molecule has 3 aromatic rings. The molecule has 0 unspecified atom stereocenters. The second-order valence-electron chi connectivity index (χ2n) is 4.61. The molecule has 0 aliphatic heterocycles. The number of benzene rings is 3. The Hall–Kier alpha value is -1.40. The van der Waals surface area contributed by atoms with E-state index in [4.69, 9.17) is 0 Å². The maximum absolute atomic E-state index is 12.5. The van der Waals surface area contributed by atoms with Gasteiger partial charge in [0.05, 0.1) is 5.69 Å². The Morgan fingerprint density at radius 1 is 1.00 bits per heavy atom. The second kappa shape index (κ2) is 6.15. The van der Waals surface area contributed by atoms with E-state index >= 15 is 0 Å². The zero-order valence-corrected chi connectivity index (χ0v) is 14.7. The Morgan fingerprint density at radius 3 is 2.57 bits per heavy atom. The van der Waals surface area contributed by atoms with Gasteiger partial charge in [-0.25, -0.2) is 0 Å². The lowest BCUT2D eigenvalue weighted by molar-refractivity contribution is 0.102. The first-order valence-corrected chi connectivity index (χ1v) is 8.26. The number of carbonyl (C=O) groups is 1. The molecule has 0 heterocycles. The van der Waals surface area contributed by atoms with Crippen molar-refractivity contribution in [3.8, 4) is 0 Å². The van der Waals surface area contributed by atoms with Crippen LogP contribution in [0.15, 0.2) is 65.1 Å². The fourth-order valence-corrected chi connectivity index (χ4v) is 3.64. The third-order valence-electron chi connectivity index (χ3n) is 3.21. The van der Waals surface area contributed by atoms with E-state index < -0.39 is 0 Å². The van der Waals surface area contributed by atoms with Crippen LogP contribution in [0.5, 0.6) is 0 Å². The maximum atomic E-state index is 12.5. The summed E-state index contributed by atoms with van der Waals surface area (Å²) in [6.45, 7) is 0. The van der Waals surface area contributed by atoms with Crippen LogP contribution in [0.1, 0.15) is 10.4 Å². The summed E-state index contributed by atoms with van der Waals surface area (Å²) >= 11 is 5.63. The standard InChI is InChI=1S/C17H11BrINO/c18-12-8-9-16(15(19)10-12)20-17(21)14-7-3-5-11-4-1-2-6-13(11)14/h1-10H,(H,20,21). The average Bonchev–Trinajstić information content (AvgIpc) is 2.49. The van der Waals surface area contributed by atoms with Crippen LogP contribution in [-0.2, 0) is 0 Å². The van der Waals surface area contributed by atoms with Crippen LogP contribution < -0.4 is 5.32 Å². The molecule has 0 aliphatic carbocycles. The molecule has 0 spiro atoms. The predicted molar refractivity (Wildman–Crippen MR) is 98.8 cm³/mol. The normalized spacial score (nSPS) is 10.6. The lowest BCUT2D eigenvalue weighted by Crippen LogP contribution is -2.13. The number of hydrogen-bond donors (Lipinski definition) is 1. The summed E-state index contributed by atoms with van der Waals surface area (Å²) in [5.41, 5.74) is 1.50. The summed E-state index contributed by atoms with van der Waals surface area (Å²) in [6.07, 6.45) is 0. The van der Waals surface area contributed by atoms with Crippen LogP contribution in [0.25, 0.3) is 10.8 Å². The molecule has 0 aliphatic rings. The summed E-state index contributed by atoms with van der Waals surface area (Å²) in [5, 5.41) is 5.01. The topological polar surface area (TPSA) is 29.1 Å². The van der Waals surface area contributed by atoms with Crippen molar-refractivity contribution in [1.29, 1.82) is 0 Å². The number of carbonyl (C=O) groups excluding carboxylic acids is 1. The van der Waals surface area contributed by atoms with Gasteiger partial charge in [-0.15, -0.1) is 0 Å². The fraction of sp³-hybridized carbons (Fsp3) is 0. The largest absolute Gasteiger partial charge is 0.321 e. The quantitative estimate of drug-likeness (QED) is 0.515. The SMILES string of the molecule is O=C(Nc1ccc(Br)cc1I)c1cccc2ccccc12. The van der Waals surface area contributed by atoms with Crippen LogP contribution >= 0.6 is 38.5 Å². The molecule has 21 heavy (non-hydrogen) atoms. The van der Waals surface area contributed by atoms with E-state index in [1.54, 1.807) is 0 Å². The van der Waals surface area contributed by atoms with Crippen molar-refractivity contribution in [2.24, 2.45) is 0 Å². The molecular formula is C17H11BrINO. The number of fused-ring (bicyclic) bond motifs is 1. The number of amides is 1. The van der Waals surface area contributed by atoms with E-state index in [2.05, 4.69) is 43.8 Å². The summed E-state index contributed by atoms with van der Waals surface area (Å²) < 4.78 is 1.99. The molecular weight excluding hydrogens is 441 g/mol. The van der Waals surface area contributed by atoms with Crippen molar-refractivity contribution >= 4 is 60.9 Å². The van der Waals surface area contributed by atoms with Gasteiger partial charge >= 0.3 is 0 Å². The molecule has 3 rings (SSSR count). The minimum atomic E-state index is -0.0907. The summed E-state index contributed by atoms with van der Waals surface area (Å²) in [5.74, 6) is -0.0907. The van der Waals surface area contributed by atoms with Crippen molar-refractivity contribution in [1.82, 2.24) is 0 Å². The van der Waals surface area contributed by atoms with Gasteiger partial charge < -0.3 is 5.32 Å². The molecule has 2 nitrogen and oxygen atoms in total. The molecule has 4 heteroatoms. The molecule has 1 amide bonds. The number of rotatable bonds is 2. The minimum absolute atomic E-state index is 0.0907. The van der Waals surface area contributed by atoms with Gasteiger partial charge in [0.2, 0.25) is 0 Å². The third kappa shape index (κ3) is 3.11. The van der Waals surface area contributed by atoms with Crippen molar-refractivity contribution < 1.29 is 4.79 Å². The van der Waals surface area contributed by atoms with Crippen LogP contribution in [0.3, 0.4) is 0 Å². The molecule has 1 N–H and O–H groups in total. The smallest absolute Gasteiger partial charge is 0.256 e. The van der Waals surface area contributed by atoms with Gasteiger partial charge in [0.1, 0.15) is 0 Å². The monoisotopic (exact) mass is 451 g/mol. The zero-order chi connectivity index (χ0) is 14.8. The lowest BCUT2D eigenvalue weighted by atomic mass is 10.0. The average molecular weight is 452 g/mol. The molecule has 0 fully saturated rings. The number of nitrogens with one attached hydrogen (secondary N) is 1. The van der Waals surface area contributed by atoms with E-state index in [9.17, 15) is 4.79 Å². The highest BCUT2D eigenvalue weighted by Gasteiger charge is 2.11. The lowest BCUT2D eigenvalue weighted by Gasteiger charge is -2.10. The van der Waals surface area contributed by atoms with E-state index in [-0.39, 0.29) is 5.91 Å². The Labute approximate surface area is 144 Å². The van der Waals surface area contributed by atoms with E-state index in [0.29, 0.717) is 5.56 Å². The molecule has 0 bridgehead atoms. The summed E-state index contributed by atoms with van der Waals surface area (Å²) in [4.78, 5) is 12.5. The van der Waals surface area contributed by atoms with Crippen LogP contribution in [0, 0.1) is 3.57 Å². The highest BCUT2D eigenvalue weighted by molar-refractivity contribution is 14.1. The third-order valence-corrected chi connectivity index (χ3v) is 4.60. The highest BCUT2D eigenvalue weighted by atomic mass is 127.